The summed E-state index contributed by atoms with van der Waals surface area (Å²) in [6.07, 6.45) is 1.93. The highest BCUT2D eigenvalue weighted by molar-refractivity contribution is 6.25. The smallest absolute Gasteiger partial charge is 0.254 e. The summed E-state index contributed by atoms with van der Waals surface area (Å²) in [6, 6.07) is 15.5. The summed E-state index contributed by atoms with van der Waals surface area (Å²) in [6.45, 7) is 2.43. The minimum atomic E-state index is 0.0288. The summed E-state index contributed by atoms with van der Waals surface area (Å²) in [5, 5.41) is 0. The molecule has 0 spiro atoms. The second-order valence-corrected chi connectivity index (χ2v) is 5.60. The molecule has 0 radical (unpaired) electrons. The quantitative estimate of drug-likeness (QED) is 0.812. The number of para-hydroxylation sites is 2. The summed E-state index contributed by atoms with van der Waals surface area (Å²) in [5.41, 5.74) is 2.42. The molecule has 1 amide bonds. The fourth-order valence-electron chi connectivity index (χ4n) is 2.94. The number of morpholine rings is 1. The van der Waals surface area contributed by atoms with Crippen molar-refractivity contribution in [3.63, 3.8) is 0 Å². The topological polar surface area (TPSA) is 38.8 Å². The summed E-state index contributed by atoms with van der Waals surface area (Å²) in [7, 11) is 0. The van der Waals surface area contributed by atoms with E-state index >= 15 is 0 Å². The lowest BCUT2D eigenvalue weighted by Crippen LogP contribution is -2.41. The van der Waals surface area contributed by atoms with Crippen molar-refractivity contribution in [3.8, 4) is 11.5 Å². The van der Waals surface area contributed by atoms with Crippen LogP contribution in [-0.4, -0.2) is 37.1 Å². The van der Waals surface area contributed by atoms with E-state index < -0.39 is 0 Å². The Kier molecular flexibility index (Phi) is 3.60. The van der Waals surface area contributed by atoms with Gasteiger partial charge in [0.2, 0.25) is 0 Å². The first-order chi connectivity index (χ1) is 11.3. The zero-order valence-corrected chi connectivity index (χ0v) is 12.7. The highest BCUT2D eigenvalue weighted by Gasteiger charge is 2.26. The average Bonchev–Trinajstić information content (AvgIpc) is 2.78. The Morgan fingerprint density at radius 1 is 0.913 bits per heavy atom. The number of benzene rings is 2. The molecule has 1 fully saturated rings. The zero-order chi connectivity index (χ0) is 15.6. The van der Waals surface area contributed by atoms with E-state index in [1.165, 1.54) is 0 Å². The van der Waals surface area contributed by atoms with Crippen LogP contribution < -0.4 is 4.74 Å². The molecule has 2 heterocycles. The molecule has 0 unspecified atom stereocenters. The normalized spacial score (nSPS) is 16.5. The van der Waals surface area contributed by atoms with Crippen molar-refractivity contribution in [3.05, 3.63) is 59.7 Å². The molecule has 116 valence electrons. The van der Waals surface area contributed by atoms with Gasteiger partial charge in [0.25, 0.3) is 5.91 Å². The first-order valence-electron chi connectivity index (χ1n) is 7.78. The van der Waals surface area contributed by atoms with Crippen LogP contribution in [0.15, 0.2) is 48.5 Å². The van der Waals surface area contributed by atoms with E-state index in [2.05, 4.69) is 0 Å². The van der Waals surface area contributed by atoms with Gasteiger partial charge in [-0.1, -0.05) is 36.4 Å². The van der Waals surface area contributed by atoms with Gasteiger partial charge in [-0.05, 0) is 18.2 Å². The fourth-order valence-corrected chi connectivity index (χ4v) is 2.94. The van der Waals surface area contributed by atoms with Gasteiger partial charge in [0, 0.05) is 24.2 Å². The maximum atomic E-state index is 13.0. The molecule has 4 nitrogen and oxygen atoms in total. The molecule has 1 saturated heterocycles. The van der Waals surface area contributed by atoms with Crippen LogP contribution in [-0.2, 0) is 9.53 Å². The zero-order valence-electron chi connectivity index (χ0n) is 12.7. The van der Waals surface area contributed by atoms with Gasteiger partial charge in [0.15, 0.2) is 0 Å². The van der Waals surface area contributed by atoms with Crippen LogP contribution in [0, 0.1) is 0 Å². The molecule has 0 aromatic heterocycles. The maximum absolute atomic E-state index is 13.0. The molecular formula is C19H17NO3. The van der Waals surface area contributed by atoms with Crippen molar-refractivity contribution in [2.24, 2.45) is 0 Å². The van der Waals surface area contributed by atoms with E-state index in [-0.39, 0.29) is 5.91 Å². The summed E-state index contributed by atoms with van der Waals surface area (Å²) in [4.78, 5) is 14.9. The summed E-state index contributed by atoms with van der Waals surface area (Å²) in [5.74, 6) is 1.51. The van der Waals surface area contributed by atoms with Crippen LogP contribution in [0.4, 0.5) is 0 Å². The third kappa shape index (κ3) is 2.62. The number of carbonyl (C=O) groups is 1. The number of carbonyl (C=O) groups excluding carboxylic acids is 1. The summed E-state index contributed by atoms with van der Waals surface area (Å²) < 4.78 is 11.4. The fraction of sp³-hybridized carbons (Fsp3) is 0.211. The average molecular weight is 307 g/mol. The van der Waals surface area contributed by atoms with E-state index in [4.69, 9.17) is 9.47 Å². The van der Waals surface area contributed by atoms with E-state index in [1.807, 2.05) is 59.5 Å². The number of fused-ring (bicyclic) bond motifs is 2. The number of rotatable bonds is 1. The van der Waals surface area contributed by atoms with Crippen LogP contribution in [0.1, 0.15) is 11.1 Å². The second kappa shape index (κ2) is 5.89. The van der Waals surface area contributed by atoms with Crippen molar-refractivity contribution >= 4 is 17.6 Å². The SMILES string of the molecule is O=C(C1=Cc2ccccc2Oc2ccccc21)N1CCOCC1. The Morgan fingerprint density at radius 3 is 2.43 bits per heavy atom. The molecule has 2 aliphatic rings. The third-order valence-electron chi connectivity index (χ3n) is 4.14. The molecule has 2 aliphatic heterocycles. The van der Waals surface area contributed by atoms with E-state index in [0.29, 0.717) is 37.6 Å². The molecule has 0 aliphatic carbocycles. The maximum Gasteiger partial charge on any atom is 0.254 e. The third-order valence-corrected chi connectivity index (χ3v) is 4.14. The molecule has 2 aromatic carbocycles. The lowest BCUT2D eigenvalue weighted by atomic mass is 10.0. The first-order valence-corrected chi connectivity index (χ1v) is 7.78. The van der Waals surface area contributed by atoms with Crippen molar-refractivity contribution in [2.75, 3.05) is 26.3 Å². The number of amides is 1. The van der Waals surface area contributed by atoms with Crippen molar-refractivity contribution < 1.29 is 14.3 Å². The van der Waals surface area contributed by atoms with Gasteiger partial charge in [-0.2, -0.15) is 0 Å². The molecule has 23 heavy (non-hydrogen) atoms. The van der Waals surface area contributed by atoms with E-state index in [9.17, 15) is 4.79 Å². The molecular weight excluding hydrogens is 290 g/mol. The second-order valence-electron chi connectivity index (χ2n) is 5.60. The molecule has 4 rings (SSSR count). The van der Waals surface area contributed by atoms with Gasteiger partial charge in [-0.3, -0.25) is 4.79 Å². The van der Waals surface area contributed by atoms with Gasteiger partial charge in [0.1, 0.15) is 11.5 Å². The standard InChI is InChI=1S/C19H17NO3/c21-19(20-9-11-22-12-10-20)16-13-14-5-1-3-7-17(14)23-18-8-4-2-6-15(16)18/h1-8,13H,9-12H2. The predicted octanol–water partition coefficient (Wildman–Crippen LogP) is 3.19. The highest BCUT2D eigenvalue weighted by atomic mass is 16.5. The number of nitrogens with zero attached hydrogens (tertiary/aromatic N) is 1. The predicted molar refractivity (Wildman–Crippen MR) is 88.2 cm³/mol. The number of ether oxygens (including phenoxy) is 2. The first kappa shape index (κ1) is 14.0. The van der Waals surface area contributed by atoms with Crippen LogP contribution in [0.2, 0.25) is 0 Å². The van der Waals surface area contributed by atoms with E-state index in [1.54, 1.807) is 0 Å². The van der Waals surface area contributed by atoms with E-state index in [0.717, 1.165) is 16.9 Å². The Bertz CT molecular complexity index is 776. The van der Waals surface area contributed by atoms with Crippen molar-refractivity contribution in [1.82, 2.24) is 4.90 Å². The molecule has 0 atom stereocenters. The minimum Gasteiger partial charge on any atom is -0.456 e. The minimum absolute atomic E-state index is 0.0288. The molecule has 4 heteroatoms. The Morgan fingerprint density at radius 2 is 1.61 bits per heavy atom. The van der Waals surface area contributed by atoms with Gasteiger partial charge >= 0.3 is 0 Å². The number of hydrogen-bond donors (Lipinski definition) is 0. The van der Waals surface area contributed by atoms with Crippen LogP contribution in [0.25, 0.3) is 11.6 Å². The summed E-state index contributed by atoms with van der Waals surface area (Å²) >= 11 is 0. The van der Waals surface area contributed by atoms with Crippen molar-refractivity contribution in [1.29, 1.82) is 0 Å². The van der Waals surface area contributed by atoms with Gasteiger partial charge in [-0.15, -0.1) is 0 Å². The molecule has 0 N–H and O–H groups in total. The molecule has 0 saturated carbocycles. The lowest BCUT2D eigenvalue weighted by Gasteiger charge is -2.27. The molecule has 2 aromatic rings. The van der Waals surface area contributed by atoms with Gasteiger partial charge in [0.05, 0.1) is 18.8 Å². The van der Waals surface area contributed by atoms with Crippen LogP contribution >= 0.6 is 0 Å². The van der Waals surface area contributed by atoms with Crippen molar-refractivity contribution in [2.45, 2.75) is 0 Å². The van der Waals surface area contributed by atoms with Crippen LogP contribution in [0.3, 0.4) is 0 Å². The lowest BCUT2D eigenvalue weighted by molar-refractivity contribution is -0.128. The number of hydrogen-bond acceptors (Lipinski definition) is 3. The molecule has 0 bridgehead atoms. The Balaban J connectivity index is 1.82. The Hall–Kier alpha value is -2.59. The monoisotopic (exact) mass is 307 g/mol. The largest absolute Gasteiger partial charge is 0.456 e. The Labute approximate surface area is 134 Å². The van der Waals surface area contributed by atoms with Gasteiger partial charge < -0.3 is 14.4 Å². The van der Waals surface area contributed by atoms with Crippen LogP contribution in [0.5, 0.6) is 11.5 Å². The highest BCUT2D eigenvalue weighted by Crippen LogP contribution is 2.38. The van der Waals surface area contributed by atoms with Gasteiger partial charge in [-0.25, -0.2) is 0 Å².